The van der Waals surface area contributed by atoms with E-state index < -0.39 is 12.1 Å². The topological polar surface area (TPSA) is 135 Å². The molecule has 0 aromatic rings. The Hall–Kier alpha value is -2.12. The number of primary amides is 2. The zero-order valence-electron chi connectivity index (χ0n) is 9.23. The maximum atomic E-state index is 10.4. The molecule has 0 atom stereocenters. The summed E-state index contributed by atoms with van der Waals surface area (Å²) in [7, 11) is 0. The number of nitrogens with one attached hydrogen (secondary N) is 2. The molecule has 0 saturated carbocycles. The van der Waals surface area contributed by atoms with Crippen LogP contribution in [-0.4, -0.2) is 24.0 Å². The number of amides is 4. The smallest absolute Gasteiger partial charge is 0.332 e. The first kappa shape index (κ1) is 13.9. The summed E-state index contributed by atoms with van der Waals surface area (Å²) in [4.78, 5) is 20.8. The Labute approximate surface area is 93.1 Å². The van der Waals surface area contributed by atoms with Crippen molar-refractivity contribution in [2.75, 3.05) is 0 Å². The lowest BCUT2D eigenvalue weighted by Gasteiger charge is -2.04. The molecule has 6 N–H and O–H groups in total. The monoisotopic (exact) mass is 228 g/mol. The Kier molecular flexibility index (Phi) is 6.25. The van der Waals surface area contributed by atoms with Crippen molar-refractivity contribution in [1.82, 2.24) is 10.9 Å². The maximum Gasteiger partial charge on any atom is 0.332 e. The van der Waals surface area contributed by atoms with Crippen molar-refractivity contribution in [1.29, 1.82) is 0 Å². The van der Waals surface area contributed by atoms with Gasteiger partial charge in [-0.2, -0.15) is 10.2 Å². The minimum Gasteiger partial charge on any atom is -0.350 e. The number of rotatable bonds is 5. The van der Waals surface area contributed by atoms with E-state index >= 15 is 0 Å². The van der Waals surface area contributed by atoms with Gasteiger partial charge in [0.1, 0.15) is 0 Å². The molecule has 0 rings (SSSR count). The molecule has 0 radical (unpaired) electrons. The van der Waals surface area contributed by atoms with Crippen molar-refractivity contribution in [3.05, 3.63) is 0 Å². The number of carbonyl (C=O) groups is 2. The molecule has 90 valence electrons. The third-order valence-corrected chi connectivity index (χ3v) is 1.32. The van der Waals surface area contributed by atoms with Crippen LogP contribution >= 0.6 is 0 Å². The zero-order chi connectivity index (χ0) is 12.6. The first-order chi connectivity index (χ1) is 7.41. The lowest BCUT2D eigenvalue weighted by molar-refractivity contribution is 0.248. The van der Waals surface area contributed by atoms with E-state index in [1.54, 1.807) is 0 Å². The second kappa shape index (κ2) is 7.21. The highest BCUT2D eigenvalue weighted by Crippen LogP contribution is 1.99. The Morgan fingerprint density at radius 2 is 1.81 bits per heavy atom. The van der Waals surface area contributed by atoms with E-state index in [0.29, 0.717) is 18.1 Å². The summed E-state index contributed by atoms with van der Waals surface area (Å²) < 4.78 is 0. The fourth-order valence-electron chi connectivity index (χ4n) is 0.843. The molecule has 0 spiro atoms. The molecule has 8 nitrogen and oxygen atoms in total. The first-order valence-corrected chi connectivity index (χ1v) is 4.62. The minimum absolute atomic E-state index is 0.313. The SMILES string of the molecule is CC(C)CC(/C=N/NC(N)=O)=N\NC(N)=O. The highest BCUT2D eigenvalue weighted by atomic mass is 16.2. The molecular weight excluding hydrogens is 212 g/mol. The molecule has 0 bridgehead atoms. The second-order valence-corrected chi connectivity index (χ2v) is 3.41. The van der Waals surface area contributed by atoms with Crippen LogP contribution in [0.3, 0.4) is 0 Å². The van der Waals surface area contributed by atoms with Gasteiger partial charge in [-0.05, 0) is 12.3 Å². The molecule has 0 aromatic carbocycles. The number of nitrogens with zero attached hydrogens (tertiary/aromatic N) is 2. The molecule has 4 amide bonds. The molecule has 0 saturated heterocycles. The van der Waals surface area contributed by atoms with Gasteiger partial charge in [-0.15, -0.1) is 0 Å². The zero-order valence-corrected chi connectivity index (χ0v) is 9.23. The molecule has 0 aromatic heterocycles. The van der Waals surface area contributed by atoms with Gasteiger partial charge in [0, 0.05) is 0 Å². The quantitative estimate of drug-likeness (QED) is 0.380. The largest absolute Gasteiger partial charge is 0.350 e. The third-order valence-electron chi connectivity index (χ3n) is 1.32. The molecule has 0 unspecified atom stereocenters. The van der Waals surface area contributed by atoms with Crippen LogP contribution in [0.4, 0.5) is 9.59 Å². The van der Waals surface area contributed by atoms with Crippen molar-refractivity contribution in [3.8, 4) is 0 Å². The van der Waals surface area contributed by atoms with Gasteiger partial charge in [-0.25, -0.2) is 20.4 Å². The van der Waals surface area contributed by atoms with Crippen LogP contribution in [-0.2, 0) is 0 Å². The third kappa shape index (κ3) is 8.48. The van der Waals surface area contributed by atoms with Gasteiger partial charge in [0.2, 0.25) is 0 Å². The molecule has 0 aliphatic heterocycles. The number of nitrogens with two attached hydrogens (primary N) is 2. The van der Waals surface area contributed by atoms with Gasteiger partial charge in [0.25, 0.3) is 0 Å². The molecular formula is C8H16N6O2. The van der Waals surface area contributed by atoms with Gasteiger partial charge in [-0.1, -0.05) is 13.8 Å². The van der Waals surface area contributed by atoms with Gasteiger partial charge >= 0.3 is 12.1 Å². The maximum absolute atomic E-state index is 10.4. The summed E-state index contributed by atoms with van der Waals surface area (Å²) in [6.07, 6.45) is 1.87. The second-order valence-electron chi connectivity index (χ2n) is 3.41. The number of hydrogen-bond donors (Lipinski definition) is 4. The fraction of sp³-hybridized carbons (Fsp3) is 0.500. The fourth-order valence-corrected chi connectivity index (χ4v) is 0.843. The van der Waals surface area contributed by atoms with Crippen LogP contribution in [0.25, 0.3) is 0 Å². The van der Waals surface area contributed by atoms with Crippen LogP contribution in [0, 0.1) is 5.92 Å². The highest BCUT2D eigenvalue weighted by Gasteiger charge is 2.01. The highest BCUT2D eigenvalue weighted by molar-refractivity contribution is 6.30. The number of carbonyl (C=O) groups excluding carboxylic acids is 2. The van der Waals surface area contributed by atoms with Crippen LogP contribution in [0.2, 0.25) is 0 Å². The van der Waals surface area contributed by atoms with Gasteiger partial charge in [0.05, 0.1) is 11.9 Å². The normalized spacial score (nSPS) is 11.8. The van der Waals surface area contributed by atoms with Crippen molar-refractivity contribution in [2.24, 2.45) is 27.6 Å². The molecule has 8 heteroatoms. The Morgan fingerprint density at radius 1 is 1.25 bits per heavy atom. The van der Waals surface area contributed by atoms with Crippen LogP contribution in [0.5, 0.6) is 0 Å². The number of hydrazone groups is 2. The van der Waals surface area contributed by atoms with E-state index in [0.717, 1.165) is 0 Å². The summed E-state index contributed by atoms with van der Waals surface area (Å²) in [6.45, 7) is 3.93. The van der Waals surface area contributed by atoms with Crippen molar-refractivity contribution >= 4 is 24.0 Å². The Bertz CT molecular complexity index is 310. The molecule has 0 aliphatic carbocycles. The van der Waals surface area contributed by atoms with E-state index in [1.165, 1.54) is 6.21 Å². The number of hydrogen-bond acceptors (Lipinski definition) is 4. The van der Waals surface area contributed by atoms with E-state index in [4.69, 9.17) is 11.5 Å². The summed E-state index contributed by atoms with van der Waals surface area (Å²) in [5.74, 6) is 0.313. The summed E-state index contributed by atoms with van der Waals surface area (Å²) in [5, 5.41) is 7.24. The first-order valence-electron chi connectivity index (χ1n) is 4.62. The Morgan fingerprint density at radius 3 is 2.25 bits per heavy atom. The number of urea groups is 2. The van der Waals surface area contributed by atoms with Crippen molar-refractivity contribution < 1.29 is 9.59 Å². The Balaban J connectivity index is 4.41. The summed E-state index contributed by atoms with van der Waals surface area (Å²) in [6, 6.07) is -1.54. The minimum atomic E-state index is -0.775. The van der Waals surface area contributed by atoms with E-state index in [9.17, 15) is 9.59 Å². The standard InChI is InChI=1S/C8H16N6O2/c1-5(2)3-6(12-14-8(10)16)4-11-13-7(9)15/h4-5H,3H2,1-2H3,(H3,9,13,15)(H3,10,14,16)/b11-4+,12-6+. The lowest BCUT2D eigenvalue weighted by atomic mass is 10.1. The van der Waals surface area contributed by atoms with Crippen molar-refractivity contribution in [2.45, 2.75) is 20.3 Å². The van der Waals surface area contributed by atoms with Crippen LogP contribution < -0.4 is 22.3 Å². The molecule has 16 heavy (non-hydrogen) atoms. The summed E-state index contributed by atoms with van der Waals surface area (Å²) >= 11 is 0. The van der Waals surface area contributed by atoms with Crippen molar-refractivity contribution in [3.63, 3.8) is 0 Å². The van der Waals surface area contributed by atoms with Gasteiger partial charge in [0.15, 0.2) is 0 Å². The average molecular weight is 228 g/mol. The average Bonchev–Trinajstić information content (AvgIpc) is 2.12. The van der Waals surface area contributed by atoms with Crippen LogP contribution in [0.1, 0.15) is 20.3 Å². The van der Waals surface area contributed by atoms with Gasteiger partial charge in [-0.3, -0.25) is 0 Å². The van der Waals surface area contributed by atoms with E-state index in [1.807, 2.05) is 19.3 Å². The molecule has 0 heterocycles. The van der Waals surface area contributed by atoms with E-state index in [-0.39, 0.29) is 0 Å². The predicted molar refractivity (Wildman–Crippen MR) is 60.8 cm³/mol. The predicted octanol–water partition coefficient (Wildman–Crippen LogP) is -0.289. The van der Waals surface area contributed by atoms with E-state index in [2.05, 4.69) is 15.6 Å². The summed E-state index contributed by atoms with van der Waals surface area (Å²) in [5.41, 5.74) is 14.2. The molecule has 0 fully saturated rings. The van der Waals surface area contributed by atoms with Crippen LogP contribution in [0.15, 0.2) is 10.2 Å². The molecule has 0 aliphatic rings. The lowest BCUT2D eigenvalue weighted by Crippen LogP contribution is -2.27. The van der Waals surface area contributed by atoms with Gasteiger partial charge < -0.3 is 11.5 Å².